The van der Waals surface area contributed by atoms with Gasteiger partial charge in [0.2, 0.25) is 0 Å². The van der Waals surface area contributed by atoms with Gasteiger partial charge in [0.25, 0.3) is 0 Å². The van der Waals surface area contributed by atoms with Crippen molar-refractivity contribution in [2.45, 2.75) is 130 Å². The summed E-state index contributed by atoms with van der Waals surface area (Å²) in [5.74, 6) is -0.766. The molecule has 232 valence electrons. The molecule has 2 saturated carbocycles. The molecule has 0 aromatic heterocycles. The summed E-state index contributed by atoms with van der Waals surface area (Å²) in [5.41, 5.74) is -1.19. The number of ether oxygens (including phenoxy) is 2. The average Bonchev–Trinajstić information content (AvgIpc) is 3.15. The number of esters is 2. The lowest BCUT2D eigenvalue weighted by Crippen LogP contribution is -2.63. The number of carbonyl (C=O) groups is 2. The van der Waals surface area contributed by atoms with Crippen LogP contribution < -0.4 is 0 Å². The molecule has 1 heterocycles. The second-order valence-corrected chi connectivity index (χ2v) is 15.0. The minimum atomic E-state index is -1.76. The van der Waals surface area contributed by atoms with Crippen molar-refractivity contribution in [2.24, 2.45) is 46.8 Å². The Morgan fingerprint density at radius 2 is 1.90 bits per heavy atom. The first kappa shape index (κ1) is 32.2. The Bertz CT molecular complexity index is 1060. The molecule has 7 heteroatoms. The smallest absolute Gasteiger partial charge is 0.338 e. The molecule has 7 nitrogen and oxygen atoms in total. The zero-order valence-corrected chi connectivity index (χ0v) is 26.5. The summed E-state index contributed by atoms with van der Waals surface area (Å²) in [6.07, 6.45) is 3.98. The number of hydrogen-bond acceptors (Lipinski definition) is 7. The Morgan fingerprint density at radius 1 is 1.24 bits per heavy atom. The van der Waals surface area contributed by atoms with Crippen LogP contribution >= 0.6 is 0 Å². The topological polar surface area (TPSA) is 113 Å². The third-order valence-electron chi connectivity index (χ3n) is 11.5. The molecule has 0 amide bonds. The first-order valence-corrected chi connectivity index (χ1v) is 15.8. The van der Waals surface area contributed by atoms with Gasteiger partial charge < -0.3 is 24.8 Å². The summed E-state index contributed by atoms with van der Waals surface area (Å²) < 4.78 is 11.6. The van der Waals surface area contributed by atoms with Crippen LogP contribution in [0.2, 0.25) is 0 Å². The molecule has 1 saturated heterocycles. The highest BCUT2D eigenvalue weighted by Gasteiger charge is 2.62. The van der Waals surface area contributed by atoms with Crippen molar-refractivity contribution in [1.82, 2.24) is 0 Å². The highest BCUT2D eigenvalue weighted by atomic mass is 16.6. The van der Waals surface area contributed by atoms with Crippen molar-refractivity contribution in [3.63, 3.8) is 0 Å². The number of aliphatic hydroxyl groups excluding tert-OH is 1. The van der Waals surface area contributed by atoms with Gasteiger partial charge in [0.15, 0.2) is 6.10 Å². The fraction of sp³-hybridized carbons (Fsp3) is 0.824. The van der Waals surface area contributed by atoms with Crippen molar-refractivity contribution in [3.8, 4) is 0 Å². The van der Waals surface area contributed by atoms with Crippen LogP contribution in [0.1, 0.15) is 100 Å². The van der Waals surface area contributed by atoms with Crippen LogP contribution in [-0.2, 0) is 19.1 Å². The number of fused-ring (bicyclic) bond motifs is 3. The van der Waals surface area contributed by atoms with Crippen LogP contribution in [-0.4, -0.2) is 56.8 Å². The van der Waals surface area contributed by atoms with Gasteiger partial charge in [-0.15, -0.1) is 0 Å². The summed E-state index contributed by atoms with van der Waals surface area (Å²) in [7, 11) is 0. The zero-order valence-electron chi connectivity index (χ0n) is 26.5. The molecule has 0 aromatic rings. The summed E-state index contributed by atoms with van der Waals surface area (Å²) in [6.45, 7) is 20.9. The maximum Gasteiger partial charge on any atom is 0.338 e. The van der Waals surface area contributed by atoms with Gasteiger partial charge in [0.1, 0.15) is 17.8 Å². The monoisotopic (exact) mass is 574 g/mol. The lowest BCUT2D eigenvalue weighted by molar-refractivity contribution is -0.209. The number of rotatable bonds is 7. The second kappa shape index (κ2) is 11.4. The van der Waals surface area contributed by atoms with Crippen LogP contribution in [0.25, 0.3) is 0 Å². The zero-order chi connectivity index (χ0) is 30.7. The van der Waals surface area contributed by atoms with E-state index in [1.165, 1.54) is 5.57 Å². The minimum absolute atomic E-state index is 0.0233. The maximum atomic E-state index is 13.2. The molecule has 3 N–H and O–H groups in total. The molecule has 0 spiro atoms. The number of hydrogen-bond donors (Lipinski definition) is 3. The van der Waals surface area contributed by atoms with E-state index < -0.39 is 35.3 Å². The van der Waals surface area contributed by atoms with Crippen LogP contribution in [0, 0.1) is 46.8 Å². The molecule has 3 aliphatic carbocycles. The van der Waals surface area contributed by atoms with E-state index in [1.54, 1.807) is 13.8 Å². The molecule has 12 atom stereocenters. The van der Waals surface area contributed by atoms with E-state index in [4.69, 9.17) is 9.47 Å². The van der Waals surface area contributed by atoms with Gasteiger partial charge in [-0.3, -0.25) is 4.79 Å². The Kier molecular flexibility index (Phi) is 8.98. The quantitative estimate of drug-likeness (QED) is 0.277. The van der Waals surface area contributed by atoms with Gasteiger partial charge in [0.05, 0.1) is 12.0 Å². The maximum absolute atomic E-state index is 13.2. The Labute approximate surface area is 246 Å². The molecule has 4 rings (SSSR count). The molecule has 0 bridgehead atoms. The van der Waals surface area contributed by atoms with E-state index >= 15 is 0 Å². The third-order valence-corrected chi connectivity index (χ3v) is 11.5. The SMILES string of the molecule is C=C1[C@@H]2C[C@@H]3[C@H](C(C)C)[C@@H](OC(=O)CC(C)(O)CC(C)CC)C[C@@]3(C)C[C@H]2/C(C)=C\CC2[C@@H](C)OC(=O)[C@H](O)[C@]12O. The molecule has 3 unspecified atom stereocenters. The first-order valence-electron chi connectivity index (χ1n) is 15.8. The number of allylic oxidation sites excluding steroid dienone is 2. The Morgan fingerprint density at radius 3 is 2.51 bits per heavy atom. The fourth-order valence-electron chi connectivity index (χ4n) is 9.21. The molecule has 0 aromatic carbocycles. The molecule has 1 aliphatic heterocycles. The van der Waals surface area contributed by atoms with Crippen LogP contribution in [0.15, 0.2) is 23.8 Å². The average molecular weight is 575 g/mol. The molecular formula is C34H54O7. The van der Waals surface area contributed by atoms with E-state index in [-0.39, 0.29) is 53.5 Å². The fourth-order valence-corrected chi connectivity index (χ4v) is 9.21. The van der Waals surface area contributed by atoms with Crippen molar-refractivity contribution in [1.29, 1.82) is 0 Å². The van der Waals surface area contributed by atoms with Crippen LogP contribution in [0.5, 0.6) is 0 Å². The standard InChI is InChI=1S/C34H54O7/c1-10-19(4)14-33(9,38)17-28(35)41-27-16-32(8)15-24-20(5)11-12-25-22(7)40-31(37)30(36)34(25,39)21(6)23(24)13-26(32)29(27)18(2)3/h11,18-19,22-27,29-30,36,38-39H,6,10,12-17H2,1-5,7-9H3/b20-11-/t19?,22-,23+,24+,25?,26-,27+,29+,30+,32-,33?,34+/m1/s1. The summed E-state index contributed by atoms with van der Waals surface area (Å²) in [4.78, 5) is 25.8. The van der Waals surface area contributed by atoms with Crippen molar-refractivity contribution in [2.75, 3.05) is 0 Å². The molecule has 41 heavy (non-hydrogen) atoms. The van der Waals surface area contributed by atoms with E-state index in [2.05, 4.69) is 54.2 Å². The van der Waals surface area contributed by atoms with Gasteiger partial charge in [0, 0.05) is 11.8 Å². The second-order valence-electron chi connectivity index (χ2n) is 15.0. The van der Waals surface area contributed by atoms with Gasteiger partial charge >= 0.3 is 11.9 Å². The predicted molar refractivity (Wildman–Crippen MR) is 157 cm³/mol. The van der Waals surface area contributed by atoms with E-state index in [0.29, 0.717) is 24.3 Å². The predicted octanol–water partition coefficient (Wildman–Crippen LogP) is 5.36. The van der Waals surface area contributed by atoms with Crippen molar-refractivity contribution in [3.05, 3.63) is 23.8 Å². The lowest BCUT2D eigenvalue weighted by Gasteiger charge is -2.54. The summed E-state index contributed by atoms with van der Waals surface area (Å²) >= 11 is 0. The Hall–Kier alpha value is -1.70. The van der Waals surface area contributed by atoms with Crippen molar-refractivity contribution < 1.29 is 34.4 Å². The number of carbonyl (C=O) groups excluding carboxylic acids is 2. The van der Waals surface area contributed by atoms with Gasteiger partial charge in [-0.25, -0.2) is 4.79 Å². The van der Waals surface area contributed by atoms with Crippen LogP contribution in [0.3, 0.4) is 0 Å². The van der Waals surface area contributed by atoms with Crippen LogP contribution in [0.4, 0.5) is 0 Å². The number of aliphatic hydroxyl groups is 3. The first-order chi connectivity index (χ1) is 18.9. The van der Waals surface area contributed by atoms with E-state index in [0.717, 1.165) is 25.7 Å². The normalized spacial score (nSPS) is 44.2. The molecule has 4 aliphatic rings. The summed E-state index contributed by atoms with van der Waals surface area (Å²) in [6, 6.07) is 0. The molecule has 0 radical (unpaired) electrons. The molecule has 3 fully saturated rings. The minimum Gasteiger partial charge on any atom is -0.462 e. The summed E-state index contributed by atoms with van der Waals surface area (Å²) in [5, 5.41) is 34.0. The van der Waals surface area contributed by atoms with Crippen molar-refractivity contribution >= 4 is 11.9 Å². The largest absolute Gasteiger partial charge is 0.462 e. The van der Waals surface area contributed by atoms with Gasteiger partial charge in [-0.2, -0.15) is 0 Å². The van der Waals surface area contributed by atoms with Gasteiger partial charge in [-0.1, -0.05) is 59.3 Å². The Balaban J connectivity index is 1.62. The highest BCUT2D eigenvalue weighted by molar-refractivity contribution is 5.78. The third kappa shape index (κ3) is 5.80. The van der Waals surface area contributed by atoms with Gasteiger partial charge in [-0.05, 0) is 93.5 Å². The van der Waals surface area contributed by atoms with E-state index in [1.807, 2.05) is 0 Å². The lowest BCUT2D eigenvalue weighted by atomic mass is 9.53. The van der Waals surface area contributed by atoms with E-state index in [9.17, 15) is 24.9 Å². The number of cyclic esters (lactones) is 1. The highest BCUT2D eigenvalue weighted by Crippen LogP contribution is 2.63. The molecular weight excluding hydrogens is 520 g/mol.